The first kappa shape index (κ1) is 12.9. The van der Waals surface area contributed by atoms with E-state index in [1.165, 1.54) is 0 Å². The van der Waals surface area contributed by atoms with Crippen molar-refractivity contribution >= 4 is 0 Å². The van der Waals surface area contributed by atoms with Crippen molar-refractivity contribution in [1.82, 2.24) is 4.90 Å². The Morgan fingerprint density at radius 1 is 1.40 bits per heavy atom. The van der Waals surface area contributed by atoms with Crippen molar-refractivity contribution in [3.05, 3.63) is 0 Å². The zero-order valence-corrected chi connectivity index (χ0v) is 10.6. The van der Waals surface area contributed by atoms with Gasteiger partial charge in [0.1, 0.15) is 0 Å². The van der Waals surface area contributed by atoms with Gasteiger partial charge in [-0.1, -0.05) is 6.92 Å². The molecular formula is C12H25NO2. The van der Waals surface area contributed by atoms with Gasteiger partial charge in [-0.15, -0.1) is 0 Å². The molecule has 1 fully saturated rings. The van der Waals surface area contributed by atoms with Crippen LogP contribution < -0.4 is 0 Å². The minimum absolute atomic E-state index is 0.0297. The molecule has 1 unspecified atom stereocenters. The molecule has 0 radical (unpaired) electrons. The summed E-state index contributed by atoms with van der Waals surface area (Å²) < 4.78 is 11.2. The largest absolute Gasteiger partial charge is 0.383 e. The van der Waals surface area contributed by atoms with Crippen molar-refractivity contribution in [2.24, 2.45) is 0 Å². The van der Waals surface area contributed by atoms with Gasteiger partial charge in [0, 0.05) is 26.7 Å². The summed E-state index contributed by atoms with van der Waals surface area (Å²) in [6.45, 7) is 10.6. The molecular weight excluding hydrogens is 190 g/mol. The summed E-state index contributed by atoms with van der Waals surface area (Å²) in [5, 5.41) is 0. The minimum Gasteiger partial charge on any atom is -0.383 e. The normalized spacial score (nSPS) is 23.6. The summed E-state index contributed by atoms with van der Waals surface area (Å²) in [5.74, 6) is 0. The van der Waals surface area contributed by atoms with E-state index in [0.717, 1.165) is 39.1 Å². The summed E-state index contributed by atoms with van der Waals surface area (Å²) in [6.07, 6.45) is 2.64. The molecule has 0 spiro atoms. The SMILES string of the molecule is CCC(C)(C)OC1CCN(CCOC)C1. The quantitative estimate of drug-likeness (QED) is 0.675. The van der Waals surface area contributed by atoms with Crippen molar-refractivity contribution in [3.63, 3.8) is 0 Å². The second-order valence-corrected chi connectivity index (χ2v) is 4.94. The highest BCUT2D eigenvalue weighted by Gasteiger charge is 2.28. The van der Waals surface area contributed by atoms with E-state index in [9.17, 15) is 0 Å². The lowest BCUT2D eigenvalue weighted by Gasteiger charge is -2.28. The number of ether oxygens (including phenoxy) is 2. The Morgan fingerprint density at radius 3 is 2.73 bits per heavy atom. The van der Waals surface area contributed by atoms with Crippen LogP contribution in [0, 0.1) is 0 Å². The fourth-order valence-corrected chi connectivity index (χ4v) is 1.85. The first-order chi connectivity index (χ1) is 7.07. The predicted molar refractivity (Wildman–Crippen MR) is 62.2 cm³/mol. The summed E-state index contributed by atoms with van der Waals surface area (Å²) in [4.78, 5) is 2.42. The Bertz CT molecular complexity index is 182. The van der Waals surface area contributed by atoms with Gasteiger partial charge in [0.2, 0.25) is 0 Å². The van der Waals surface area contributed by atoms with Crippen molar-refractivity contribution in [2.45, 2.75) is 45.3 Å². The van der Waals surface area contributed by atoms with Crippen LogP contribution in [0.1, 0.15) is 33.6 Å². The first-order valence-corrected chi connectivity index (χ1v) is 5.96. The maximum atomic E-state index is 6.08. The molecule has 0 aromatic carbocycles. The summed E-state index contributed by atoms with van der Waals surface area (Å²) in [7, 11) is 1.75. The molecule has 90 valence electrons. The molecule has 0 aromatic heterocycles. The number of methoxy groups -OCH3 is 1. The second kappa shape index (κ2) is 5.83. The van der Waals surface area contributed by atoms with Crippen LogP contribution in [0.2, 0.25) is 0 Å². The lowest BCUT2D eigenvalue weighted by molar-refractivity contribution is -0.0681. The van der Waals surface area contributed by atoms with E-state index in [2.05, 4.69) is 25.7 Å². The van der Waals surface area contributed by atoms with Crippen LogP contribution in [0.5, 0.6) is 0 Å². The number of nitrogens with zero attached hydrogens (tertiary/aromatic N) is 1. The molecule has 1 heterocycles. The van der Waals surface area contributed by atoms with E-state index < -0.39 is 0 Å². The first-order valence-electron chi connectivity index (χ1n) is 5.96. The molecule has 3 nitrogen and oxygen atoms in total. The second-order valence-electron chi connectivity index (χ2n) is 4.94. The van der Waals surface area contributed by atoms with Gasteiger partial charge < -0.3 is 9.47 Å². The molecule has 0 N–H and O–H groups in total. The van der Waals surface area contributed by atoms with E-state index in [4.69, 9.17) is 9.47 Å². The Balaban J connectivity index is 2.24. The smallest absolute Gasteiger partial charge is 0.0721 e. The Hall–Kier alpha value is -0.120. The van der Waals surface area contributed by atoms with Gasteiger partial charge in [0.25, 0.3) is 0 Å². The van der Waals surface area contributed by atoms with Crippen LogP contribution in [0.3, 0.4) is 0 Å². The number of likely N-dealkylation sites (tertiary alicyclic amines) is 1. The zero-order chi connectivity index (χ0) is 11.3. The zero-order valence-electron chi connectivity index (χ0n) is 10.6. The Morgan fingerprint density at radius 2 is 2.13 bits per heavy atom. The van der Waals surface area contributed by atoms with Crippen LogP contribution >= 0.6 is 0 Å². The molecule has 1 rings (SSSR count). The molecule has 0 aromatic rings. The van der Waals surface area contributed by atoms with Crippen molar-refractivity contribution in [2.75, 3.05) is 33.4 Å². The maximum Gasteiger partial charge on any atom is 0.0721 e. The van der Waals surface area contributed by atoms with Crippen LogP contribution in [-0.2, 0) is 9.47 Å². The molecule has 0 aliphatic carbocycles. The average molecular weight is 215 g/mol. The van der Waals surface area contributed by atoms with Crippen molar-refractivity contribution in [1.29, 1.82) is 0 Å². The number of rotatable bonds is 6. The van der Waals surface area contributed by atoms with E-state index in [0.29, 0.717) is 6.10 Å². The maximum absolute atomic E-state index is 6.08. The van der Waals surface area contributed by atoms with E-state index >= 15 is 0 Å². The fourth-order valence-electron chi connectivity index (χ4n) is 1.85. The lowest BCUT2D eigenvalue weighted by Crippen LogP contribution is -2.33. The van der Waals surface area contributed by atoms with Gasteiger partial charge in [-0.25, -0.2) is 0 Å². The van der Waals surface area contributed by atoms with Crippen LogP contribution in [0.15, 0.2) is 0 Å². The Labute approximate surface area is 93.7 Å². The molecule has 1 aliphatic heterocycles. The number of hydrogen-bond donors (Lipinski definition) is 0. The van der Waals surface area contributed by atoms with E-state index in [1.807, 2.05) is 0 Å². The molecule has 15 heavy (non-hydrogen) atoms. The van der Waals surface area contributed by atoms with Crippen molar-refractivity contribution in [3.8, 4) is 0 Å². The molecule has 3 heteroatoms. The standard InChI is InChI=1S/C12H25NO2/c1-5-12(2,3)15-11-6-7-13(10-11)8-9-14-4/h11H,5-10H2,1-4H3. The topological polar surface area (TPSA) is 21.7 Å². The van der Waals surface area contributed by atoms with Crippen LogP contribution in [0.4, 0.5) is 0 Å². The van der Waals surface area contributed by atoms with Gasteiger partial charge in [0.15, 0.2) is 0 Å². The molecule has 1 atom stereocenters. The summed E-state index contributed by atoms with van der Waals surface area (Å²) in [6, 6.07) is 0. The minimum atomic E-state index is 0.0297. The summed E-state index contributed by atoms with van der Waals surface area (Å²) in [5.41, 5.74) is 0.0297. The predicted octanol–water partition coefficient (Wildman–Crippen LogP) is 1.91. The van der Waals surface area contributed by atoms with E-state index in [-0.39, 0.29) is 5.60 Å². The molecule has 1 aliphatic rings. The molecule has 1 saturated heterocycles. The third kappa shape index (κ3) is 4.49. The van der Waals surface area contributed by atoms with E-state index in [1.54, 1.807) is 7.11 Å². The molecule has 0 saturated carbocycles. The van der Waals surface area contributed by atoms with Crippen LogP contribution in [-0.4, -0.2) is 50.0 Å². The highest BCUT2D eigenvalue weighted by molar-refractivity contribution is 4.79. The third-order valence-electron chi connectivity index (χ3n) is 3.18. The highest BCUT2D eigenvalue weighted by atomic mass is 16.5. The monoisotopic (exact) mass is 215 g/mol. The van der Waals surface area contributed by atoms with Crippen molar-refractivity contribution < 1.29 is 9.47 Å². The fraction of sp³-hybridized carbons (Fsp3) is 1.00. The lowest BCUT2D eigenvalue weighted by atomic mass is 10.1. The van der Waals surface area contributed by atoms with Gasteiger partial charge in [-0.2, -0.15) is 0 Å². The summed E-state index contributed by atoms with van der Waals surface area (Å²) >= 11 is 0. The average Bonchev–Trinajstić information content (AvgIpc) is 2.62. The molecule has 0 bridgehead atoms. The van der Waals surface area contributed by atoms with Gasteiger partial charge in [-0.05, 0) is 26.7 Å². The highest BCUT2D eigenvalue weighted by Crippen LogP contribution is 2.21. The third-order valence-corrected chi connectivity index (χ3v) is 3.18. The Kier molecular flexibility index (Phi) is 5.03. The van der Waals surface area contributed by atoms with Crippen LogP contribution in [0.25, 0.3) is 0 Å². The van der Waals surface area contributed by atoms with Gasteiger partial charge >= 0.3 is 0 Å². The van der Waals surface area contributed by atoms with Gasteiger partial charge in [-0.3, -0.25) is 4.90 Å². The molecule has 0 amide bonds. The number of hydrogen-bond acceptors (Lipinski definition) is 3. The van der Waals surface area contributed by atoms with Gasteiger partial charge in [0.05, 0.1) is 18.3 Å².